The van der Waals surface area contributed by atoms with Crippen LogP contribution in [0, 0.1) is 5.41 Å². The lowest BCUT2D eigenvalue weighted by Crippen LogP contribution is -2.49. The van der Waals surface area contributed by atoms with E-state index >= 15 is 0 Å². The Kier molecular flexibility index (Phi) is 10.2. The SMILES string of the molecule is COCC1(C(=O)NCc2ccc(Oc3ccccc3)nc2)CCNCC1.Cl.Cl. The molecular weight excluding hydrogens is 401 g/mol. The summed E-state index contributed by atoms with van der Waals surface area (Å²) in [5.74, 6) is 1.32. The maximum Gasteiger partial charge on any atom is 0.228 e. The minimum atomic E-state index is -0.441. The van der Waals surface area contributed by atoms with E-state index in [1.54, 1.807) is 13.3 Å². The Hall–Kier alpha value is -1.86. The van der Waals surface area contributed by atoms with Gasteiger partial charge in [0, 0.05) is 25.9 Å². The highest BCUT2D eigenvalue weighted by Crippen LogP contribution is 2.29. The highest BCUT2D eigenvalue weighted by Gasteiger charge is 2.39. The number of piperidine rings is 1. The standard InChI is InChI=1S/C20H25N3O3.2ClH/c1-25-15-20(9-11-21-12-10-20)19(24)23-14-16-7-8-18(22-13-16)26-17-5-3-2-4-6-17;;/h2-8,13,21H,9-12,14-15H2,1H3,(H,23,24);2*1H. The second-order valence-electron chi connectivity index (χ2n) is 6.57. The number of hydrogen-bond donors (Lipinski definition) is 2. The third kappa shape index (κ3) is 6.34. The van der Waals surface area contributed by atoms with Gasteiger partial charge in [-0.1, -0.05) is 24.3 Å². The lowest BCUT2D eigenvalue weighted by molar-refractivity contribution is -0.136. The van der Waals surface area contributed by atoms with E-state index in [-0.39, 0.29) is 30.7 Å². The zero-order chi connectivity index (χ0) is 18.2. The van der Waals surface area contributed by atoms with Crippen molar-refractivity contribution >= 4 is 30.7 Å². The molecule has 8 heteroatoms. The van der Waals surface area contributed by atoms with Gasteiger partial charge in [0.25, 0.3) is 0 Å². The fourth-order valence-electron chi connectivity index (χ4n) is 3.17. The fourth-order valence-corrected chi connectivity index (χ4v) is 3.17. The monoisotopic (exact) mass is 427 g/mol. The molecule has 1 fully saturated rings. The van der Waals surface area contributed by atoms with E-state index in [0.717, 1.165) is 37.2 Å². The number of carbonyl (C=O) groups is 1. The van der Waals surface area contributed by atoms with Gasteiger partial charge in [-0.25, -0.2) is 4.98 Å². The first-order valence-electron chi connectivity index (χ1n) is 8.88. The summed E-state index contributed by atoms with van der Waals surface area (Å²) < 4.78 is 11.0. The van der Waals surface area contributed by atoms with Crippen molar-refractivity contribution in [3.8, 4) is 11.6 Å². The van der Waals surface area contributed by atoms with Gasteiger partial charge >= 0.3 is 0 Å². The van der Waals surface area contributed by atoms with Gasteiger partial charge in [0.05, 0.1) is 12.0 Å². The summed E-state index contributed by atoms with van der Waals surface area (Å²) in [6.45, 7) is 2.56. The van der Waals surface area contributed by atoms with Gasteiger partial charge in [0.15, 0.2) is 0 Å². The molecule has 0 saturated carbocycles. The van der Waals surface area contributed by atoms with E-state index < -0.39 is 5.41 Å². The molecule has 0 atom stereocenters. The van der Waals surface area contributed by atoms with Crippen molar-refractivity contribution in [2.75, 3.05) is 26.8 Å². The smallest absolute Gasteiger partial charge is 0.228 e. The van der Waals surface area contributed by atoms with Crippen molar-refractivity contribution in [2.45, 2.75) is 19.4 Å². The van der Waals surface area contributed by atoms with Crippen molar-refractivity contribution in [1.29, 1.82) is 0 Å². The molecule has 154 valence electrons. The molecule has 0 bridgehead atoms. The van der Waals surface area contributed by atoms with E-state index in [1.807, 2.05) is 42.5 Å². The van der Waals surface area contributed by atoms with Crippen molar-refractivity contribution < 1.29 is 14.3 Å². The van der Waals surface area contributed by atoms with Crippen molar-refractivity contribution in [2.24, 2.45) is 5.41 Å². The van der Waals surface area contributed by atoms with E-state index in [9.17, 15) is 4.79 Å². The molecule has 0 unspecified atom stereocenters. The zero-order valence-electron chi connectivity index (χ0n) is 15.8. The number of nitrogens with zero attached hydrogens (tertiary/aromatic N) is 1. The Morgan fingerprint density at radius 1 is 1.14 bits per heavy atom. The van der Waals surface area contributed by atoms with Crippen molar-refractivity contribution in [3.63, 3.8) is 0 Å². The molecule has 1 aromatic carbocycles. The Balaban J connectivity index is 0.00000196. The first kappa shape index (κ1) is 24.2. The molecule has 2 aromatic rings. The van der Waals surface area contributed by atoms with Crippen LogP contribution in [0.25, 0.3) is 0 Å². The summed E-state index contributed by atoms with van der Waals surface area (Å²) in [6, 6.07) is 13.2. The predicted octanol–water partition coefficient (Wildman–Crippen LogP) is 3.35. The summed E-state index contributed by atoms with van der Waals surface area (Å²) in [5, 5.41) is 6.33. The number of pyridine rings is 1. The van der Waals surface area contributed by atoms with Crippen LogP contribution in [0.15, 0.2) is 48.7 Å². The summed E-state index contributed by atoms with van der Waals surface area (Å²) in [7, 11) is 1.65. The number of halogens is 2. The number of aromatic nitrogens is 1. The topological polar surface area (TPSA) is 72.5 Å². The lowest BCUT2D eigenvalue weighted by atomic mass is 9.78. The lowest BCUT2D eigenvalue weighted by Gasteiger charge is -2.35. The molecule has 0 spiro atoms. The van der Waals surface area contributed by atoms with Crippen LogP contribution >= 0.6 is 24.8 Å². The molecular formula is C20H27Cl2N3O3. The summed E-state index contributed by atoms with van der Waals surface area (Å²) in [6.07, 6.45) is 3.30. The molecule has 1 aliphatic rings. The third-order valence-corrected chi connectivity index (χ3v) is 4.68. The average Bonchev–Trinajstić information content (AvgIpc) is 2.69. The number of benzene rings is 1. The highest BCUT2D eigenvalue weighted by atomic mass is 35.5. The maximum absolute atomic E-state index is 12.7. The van der Waals surface area contributed by atoms with Gasteiger partial charge in [0.2, 0.25) is 11.8 Å². The van der Waals surface area contributed by atoms with E-state index in [4.69, 9.17) is 9.47 Å². The molecule has 28 heavy (non-hydrogen) atoms. The molecule has 1 aromatic heterocycles. The fraction of sp³-hybridized carbons (Fsp3) is 0.400. The number of carbonyl (C=O) groups excluding carboxylic acids is 1. The van der Waals surface area contributed by atoms with E-state index in [2.05, 4.69) is 15.6 Å². The minimum absolute atomic E-state index is 0. The van der Waals surface area contributed by atoms with Crippen LogP contribution in [0.3, 0.4) is 0 Å². The average molecular weight is 428 g/mol. The quantitative estimate of drug-likeness (QED) is 0.708. The largest absolute Gasteiger partial charge is 0.439 e. The van der Waals surface area contributed by atoms with E-state index in [1.165, 1.54) is 0 Å². The van der Waals surface area contributed by atoms with Gasteiger partial charge < -0.3 is 20.1 Å². The Morgan fingerprint density at radius 3 is 2.46 bits per heavy atom. The van der Waals surface area contributed by atoms with Gasteiger partial charge in [-0.2, -0.15) is 0 Å². The maximum atomic E-state index is 12.7. The Bertz CT molecular complexity index is 703. The molecule has 6 nitrogen and oxygen atoms in total. The molecule has 2 heterocycles. The number of para-hydroxylation sites is 1. The second-order valence-corrected chi connectivity index (χ2v) is 6.57. The summed E-state index contributed by atoms with van der Waals surface area (Å²) in [4.78, 5) is 17.0. The molecule has 1 amide bonds. The third-order valence-electron chi connectivity index (χ3n) is 4.68. The summed E-state index contributed by atoms with van der Waals surface area (Å²) in [5.41, 5.74) is 0.490. The number of amides is 1. The van der Waals surface area contributed by atoms with E-state index in [0.29, 0.717) is 19.0 Å². The van der Waals surface area contributed by atoms with Crippen LogP contribution < -0.4 is 15.4 Å². The molecule has 1 aliphatic heterocycles. The molecule has 2 N–H and O–H groups in total. The number of rotatable bonds is 7. The Morgan fingerprint density at radius 2 is 1.86 bits per heavy atom. The molecule has 0 aliphatic carbocycles. The van der Waals surface area contributed by atoms with Crippen LogP contribution in [-0.4, -0.2) is 37.7 Å². The minimum Gasteiger partial charge on any atom is -0.439 e. The van der Waals surface area contributed by atoms with Crippen molar-refractivity contribution in [3.05, 3.63) is 54.2 Å². The van der Waals surface area contributed by atoms with Crippen LogP contribution in [0.4, 0.5) is 0 Å². The van der Waals surface area contributed by atoms with Crippen molar-refractivity contribution in [1.82, 2.24) is 15.6 Å². The summed E-state index contributed by atoms with van der Waals surface area (Å²) >= 11 is 0. The number of methoxy groups -OCH3 is 1. The van der Waals surface area contributed by atoms with Gasteiger partial charge in [-0.15, -0.1) is 24.8 Å². The molecule has 3 rings (SSSR count). The predicted molar refractivity (Wildman–Crippen MR) is 114 cm³/mol. The van der Waals surface area contributed by atoms with Crippen LogP contribution in [0.5, 0.6) is 11.6 Å². The Labute approximate surface area is 178 Å². The van der Waals surface area contributed by atoms with Gasteiger partial charge in [0.1, 0.15) is 5.75 Å². The van der Waals surface area contributed by atoms with Crippen LogP contribution in [-0.2, 0) is 16.1 Å². The van der Waals surface area contributed by atoms with Gasteiger partial charge in [-0.05, 0) is 43.6 Å². The van der Waals surface area contributed by atoms with Crippen LogP contribution in [0.1, 0.15) is 18.4 Å². The zero-order valence-corrected chi connectivity index (χ0v) is 17.5. The molecule has 0 radical (unpaired) electrons. The number of ether oxygens (including phenoxy) is 2. The van der Waals surface area contributed by atoms with Gasteiger partial charge in [-0.3, -0.25) is 4.79 Å². The second kappa shape index (κ2) is 11.9. The number of nitrogens with one attached hydrogen (secondary N) is 2. The normalized spacial score (nSPS) is 14.9. The van der Waals surface area contributed by atoms with Crippen LogP contribution in [0.2, 0.25) is 0 Å². The first-order chi connectivity index (χ1) is 12.7. The highest BCUT2D eigenvalue weighted by molar-refractivity contribution is 5.85. The first-order valence-corrected chi connectivity index (χ1v) is 8.88. The number of hydrogen-bond acceptors (Lipinski definition) is 5. The molecule has 1 saturated heterocycles.